The Morgan fingerprint density at radius 1 is 1.70 bits per heavy atom. The Bertz CT molecular complexity index is 220. The van der Waals surface area contributed by atoms with Crippen molar-refractivity contribution in [3.05, 3.63) is 11.8 Å². The fourth-order valence-electron chi connectivity index (χ4n) is 0.646. The van der Waals surface area contributed by atoms with Crippen molar-refractivity contribution < 1.29 is 9.53 Å². The molecule has 1 heterocycles. The van der Waals surface area contributed by atoms with E-state index in [-0.39, 0.29) is 5.12 Å². The van der Waals surface area contributed by atoms with E-state index in [0.717, 1.165) is 11.8 Å². The van der Waals surface area contributed by atoms with Crippen molar-refractivity contribution in [3.63, 3.8) is 0 Å². The first kappa shape index (κ1) is 7.34. The number of thioether (sulfide) groups is 1. The van der Waals surface area contributed by atoms with Crippen LogP contribution < -0.4 is 0 Å². The molecule has 0 aliphatic carbocycles. The molecule has 0 radical (unpaired) electrons. The van der Waals surface area contributed by atoms with E-state index >= 15 is 0 Å². The number of carbonyl (C=O) groups is 1. The molecule has 0 fully saturated rings. The lowest BCUT2D eigenvalue weighted by atomic mass is 10.5. The van der Waals surface area contributed by atoms with Gasteiger partial charge in [-0.05, 0) is 11.8 Å². The highest BCUT2D eigenvalue weighted by molar-refractivity contribution is 8.27. The van der Waals surface area contributed by atoms with Gasteiger partial charge in [0.05, 0.1) is 7.11 Å². The Labute approximate surface area is 63.2 Å². The highest BCUT2D eigenvalue weighted by Gasteiger charge is 2.20. The third-order valence-corrected chi connectivity index (χ3v) is 1.98. The predicted molar refractivity (Wildman–Crippen MR) is 41.0 cm³/mol. The van der Waals surface area contributed by atoms with Gasteiger partial charge in [0.2, 0.25) is 5.12 Å². The smallest absolute Gasteiger partial charge is 0.222 e. The summed E-state index contributed by atoms with van der Waals surface area (Å²) in [6.07, 6.45) is 1.44. The summed E-state index contributed by atoms with van der Waals surface area (Å²) in [5.41, 5.74) is 0. The normalized spacial score (nSPS) is 21.6. The summed E-state index contributed by atoms with van der Waals surface area (Å²) in [5.74, 6) is 0.567. The lowest BCUT2D eigenvalue weighted by Gasteiger charge is -1.97. The number of aliphatic imine (C=N–C) groups is 1. The minimum atomic E-state index is -0.0162. The molecule has 0 aromatic carbocycles. The van der Waals surface area contributed by atoms with E-state index in [9.17, 15) is 4.79 Å². The zero-order valence-corrected chi connectivity index (χ0v) is 6.57. The van der Waals surface area contributed by atoms with Crippen LogP contribution in [-0.4, -0.2) is 24.3 Å². The first-order valence-corrected chi connectivity index (χ1v) is 3.54. The van der Waals surface area contributed by atoms with Crippen LogP contribution in [0.1, 0.15) is 0 Å². The van der Waals surface area contributed by atoms with Gasteiger partial charge < -0.3 is 4.74 Å². The van der Waals surface area contributed by atoms with Crippen LogP contribution in [0.3, 0.4) is 0 Å². The fourth-order valence-corrected chi connectivity index (χ4v) is 1.34. The molecule has 0 N–H and O–H groups in total. The van der Waals surface area contributed by atoms with E-state index in [4.69, 9.17) is 4.74 Å². The summed E-state index contributed by atoms with van der Waals surface area (Å²) < 4.78 is 4.87. The molecule has 0 saturated heterocycles. The van der Waals surface area contributed by atoms with E-state index in [1.165, 1.54) is 13.2 Å². The van der Waals surface area contributed by atoms with Crippen LogP contribution in [0.2, 0.25) is 0 Å². The molecule has 1 rings (SSSR count). The molecular weight excluding hydrogens is 150 g/mol. The summed E-state index contributed by atoms with van der Waals surface area (Å²) in [7, 11) is 3.16. The van der Waals surface area contributed by atoms with Crippen molar-refractivity contribution in [1.29, 1.82) is 0 Å². The fraction of sp³-hybridized carbons (Fsp3) is 0.333. The summed E-state index contributed by atoms with van der Waals surface area (Å²) in [6, 6.07) is 0. The van der Waals surface area contributed by atoms with Gasteiger partial charge in [0, 0.05) is 13.1 Å². The van der Waals surface area contributed by atoms with Crippen LogP contribution in [0.25, 0.3) is 0 Å². The molecule has 0 bridgehead atoms. The molecular formula is C6H7NO2S. The molecule has 0 aromatic heterocycles. The lowest BCUT2D eigenvalue weighted by molar-refractivity contribution is -0.106. The number of ether oxygens (including phenoxy) is 1. The average Bonchev–Trinajstić information content (AvgIpc) is 2.30. The van der Waals surface area contributed by atoms with Gasteiger partial charge in [0.15, 0.2) is 5.76 Å². The van der Waals surface area contributed by atoms with Crippen LogP contribution in [-0.2, 0) is 9.53 Å². The van der Waals surface area contributed by atoms with Gasteiger partial charge in [0.25, 0.3) is 0 Å². The van der Waals surface area contributed by atoms with Gasteiger partial charge in [-0.2, -0.15) is 0 Å². The predicted octanol–water partition coefficient (Wildman–Crippen LogP) is 0.818. The maximum absolute atomic E-state index is 10.7. The quantitative estimate of drug-likeness (QED) is 0.565. The van der Waals surface area contributed by atoms with E-state index in [1.54, 1.807) is 7.05 Å². The Morgan fingerprint density at radius 3 is 2.80 bits per heavy atom. The maximum Gasteiger partial charge on any atom is 0.222 e. The number of methoxy groups -OCH3 is 1. The molecule has 0 saturated carbocycles. The number of hydrogen-bond donors (Lipinski definition) is 0. The maximum atomic E-state index is 10.7. The largest absolute Gasteiger partial charge is 0.494 e. The second-order valence-corrected chi connectivity index (χ2v) is 2.66. The van der Waals surface area contributed by atoms with Gasteiger partial charge in [-0.1, -0.05) is 0 Å². The molecule has 0 amide bonds. The zero-order chi connectivity index (χ0) is 7.56. The van der Waals surface area contributed by atoms with Crippen molar-refractivity contribution >= 4 is 21.9 Å². The van der Waals surface area contributed by atoms with Gasteiger partial charge in [0.1, 0.15) is 5.04 Å². The summed E-state index contributed by atoms with van der Waals surface area (Å²) in [5, 5.41) is 0.643. The highest BCUT2D eigenvalue weighted by atomic mass is 32.2. The third kappa shape index (κ3) is 1.21. The number of hydrogen-bond acceptors (Lipinski definition) is 4. The van der Waals surface area contributed by atoms with Gasteiger partial charge in [-0.3, -0.25) is 9.79 Å². The SMILES string of the molecule is CN=C1SC(=O)C=C1OC. The molecule has 4 heteroatoms. The van der Waals surface area contributed by atoms with Crippen molar-refractivity contribution in [2.45, 2.75) is 0 Å². The van der Waals surface area contributed by atoms with Crippen molar-refractivity contribution in [2.24, 2.45) is 4.99 Å². The molecule has 1 aliphatic heterocycles. The Balaban J connectivity index is 2.85. The second-order valence-electron chi connectivity index (χ2n) is 1.66. The minimum Gasteiger partial charge on any atom is -0.494 e. The molecule has 0 unspecified atom stereocenters. The van der Waals surface area contributed by atoms with Gasteiger partial charge in [-0.25, -0.2) is 0 Å². The lowest BCUT2D eigenvalue weighted by Crippen LogP contribution is -1.93. The van der Waals surface area contributed by atoms with E-state index in [1.807, 2.05) is 0 Å². The monoisotopic (exact) mass is 157 g/mol. The Hall–Kier alpha value is -0.770. The van der Waals surface area contributed by atoms with Gasteiger partial charge >= 0.3 is 0 Å². The molecule has 0 atom stereocenters. The molecule has 0 aromatic rings. The van der Waals surface area contributed by atoms with Crippen molar-refractivity contribution in [1.82, 2.24) is 0 Å². The molecule has 3 nitrogen and oxygen atoms in total. The topological polar surface area (TPSA) is 38.7 Å². The first-order valence-electron chi connectivity index (χ1n) is 2.72. The zero-order valence-electron chi connectivity index (χ0n) is 5.75. The number of rotatable bonds is 1. The highest BCUT2D eigenvalue weighted by Crippen LogP contribution is 2.22. The van der Waals surface area contributed by atoms with Crippen LogP contribution >= 0.6 is 11.8 Å². The van der Waals surface area contributed by atoms with Crippen LogP contribution in [0.4, 0.5) is 0 Å². The van der Waals surface area contributed by atoms with Crippen molar-refractivity contribution in [2.75, 3.05) is 14.2 Å². The Kier molecular flexibility index (Phi) is 2.11. The first-order chi connectivity index (χ1) is 4.77. The summed E-state index contributed by atoms with van der Waals surface area (Å²) >= 11 is 1.09. The van der Waals surface area contributed by atoms with Crippen molar-refractivity contribution in [3.8, 4) is 0 Å². The molecule has 0 spiro atoms. The summed E-state index contributed by atoms with van der Waals surface area (Å²) in [6.45, 7) is 0. The summed E-state index contributed by atoms with van der Waals surface area (Å²) in [4.78, 5) is 14.6. The average molecular weight is 157 g/mol. The van der Waals surface area contributed by atoms with E-state index in [0.29, 0.717) is 10.8 Å². The van der Waals surface area contributed by atoms with Crippen LogP contribution in [0.5, 0.6) is 0 Å². The Morgan fingerprint density at radius 2 is 2.40 bits per heavy atom. The van der Waals surface area contributed by atoms with E-state index < -0.39 is 0 Å². The number of nitrogens with zero attached hydrogens (tertiary/aromatic N) is 1. The second kappa shape index (κ2) is 2.88. The third-order valence-electron chi connectivity index (χ3n) is 1.08. The van der Waals surface area contributed by atoms with Gasteiger partial charge in [-0.15, -0.1) is 0 Å². The molecule has 1 aliphatic rings. The molecule has 10 heavy (non-hydrogen) atoms. The van der Waals surface area contributed by atoms with Crippen LogP contribution in [0.15, 0.2) is 16.8 Å². The minimum absolute atomic E-state index is 0.0162. The van der Waals surface area contributed by atoms with E-state index in [2.05, 4.69) is 4.99 Å². The standard InChI is InChI=1S/C6H7NO2S/c1-7-6-4(9-2)3-5(8)10-6/h3H,1-2H3. The number of carbonyl (C=O) groups excluding carboxylic acids is 1. The van der Waals surface area contributed by atoms with Crippen LogP contribution in [0, 0.1) is 0 Å². The molecule has 54 valence electrons.